The van der Waals surface area contributed by atoms with Gasteiger partial charge in [-0.1, -0.05) is 24.3 Å². The first-order valence-electron chi connectivity index (χ1n) is 13.4. The zero-order valence-corrected chi connectivity index (χ0v) is 21.9. The van der Waals surface area contributed by atoms with Crippen LogP contribution in [0.2, 0.25) is 0 Å². The van der Waals surface area contributed by atoms with Crippen molar-refractivity contribution < 1.29 is 22.8 Å². The lowest BCUT2D eigenvalue weighted by Gasteiger charge is -2.25. The molecule has 5 rings (SSSR count). The average Bonchev–Trinajstić information content (AvgIpc) is 3.59. The number of carbonyl (C=O) groups is 2. The molecule has 4 atom stereocenters. The van der Waals surface area contributed by atoms with Gasteiger partial charge in [0.15, 0.2) is 0 Å². The summed E-state index contributed by atoms with van der Waals surface area (Å²) in [4.78, 5) is 26.9. The standard InChI is InChI=1S/C30H32F3N5O2/c31-21-5-11-26(12-6-21)38(17-19-1-7-24(8-2-19)36-29(39)27-13-22(32)15-34-27)18-20-3-9-25(10-4-20)37-30(40)28-14-23(33)16-35-28/h1-12,22-23,27-28,34-35H,13-18H2,(H,36,39)(H,37,40)/t22-,23-,27+,28+/m1/s1. The molecule has 0 bridgehead atoms. The Labute approximate surface area is 231 Å². The van der Waals surface area contributed by atoms with Crippen LogP contribution in [0, 0.1) is 5.82 Å². The minimum Gasteiger partial charge on any atom is -0.363 e. The molecule has 2 fully saturated rings. The van der Waals surface area contributed by atoms with Crippen LogP contribution in [0.5, 0.6) is 0 Å². The van der Waals surface area contributed by atoms with E-state index in [-0.39, 0.29) is 43.6 Å². The van der Waals surface area contributed by atoms with Gasteiger partial charge < -0.3 is 26.2 Å². The Kier molecular flexibility index (Phi) is 8.66. The molecule has 10 heteroatoms. The summed E-state index contributed by atoms with van der Waals surface area (Å²) < 4.78 is 40.4. The topological polar surface area (TPSA) is 85.5 Å². The third kappa shape index (κ3) is 7.19. The Hall–Kier alpha value is -3.89. The van der Waals surface area contributed by atoms with Crippen LogP contribution in [0.4, 0.5) is 30.2 Å². The molecule has 7 nitrogen and oxygen atoms in total. The maximum absolute atomic E-state index is 13.6. The molecule has 2 saturated heterocycles. The Morgan fingerprint density at radius 2 is 1.12 bits per heavy atom. The molecule has 40 heavy (non-hydrogen) atoms. The largest absolute Gasteiger partial charge is 0.363 e. The molecule has 2 heterocycles. The molecule has 4 N–H and O–H groups in total. The van der Waals surface area contributed by atoms with Crippen molar-refractivity contribution in [2.75, 3.05) is 28.6 Å². The van der Waals surface area contributed by atoms with E-state index in [1.807, 2.05) is 24.3 Å². The van der Waals surface area contributed by atoms with Crippen molar-refractivity contribution in [3.05, 3.63) is 89.7 Å². The number of amides is 2. The van der Waals surface area contributed by atoms with Crippen LogP contribution in [-0.2, 0) is 22.7 Å². The highest BCUT2D eigenvalue weighted by molar-refractivity contribution is 5.95. The number of hydrogen-bond donors (Lipinski definition) is 4. The van der Waals surface area contributed by atoms with Gasteiger partial charge in [0.2, 0.25) is 11.8 Å². The number of nitrogens with zero attached hydrogens (tertiary/aromatic N) is 1. The third-order valence-electron chi connectivity index (χ3n) is 7.17. The van der Waals surface area contributed by atoms with E-state index in [4.69, 9.17) is 0 Å². The molecule has 0 spiro atoms. The van der Waals surface area contributed by atoms with Crippen LogP contribution in [0.15, 0.2) is 72.8 Å². The summed E-state index contributed by atoms with van der Waals surface area (Å²) in [6, 6.07) is 20.0. The lowest BCUT2D eigenvalue weighted by Crippen LogP contribution is -2.35. The van der Waals surface area contributed by atoms with E-state index in [1.54, 1.807) is 36.4 Å². The summed E-state index contributed by atoms with van der Waals surface area (Å²) >= 11 is 0. The van der Waals surface area contributed by atoms with E-state index in [0.717, 1.165) is 16.8 Å². The summed E-state index contributed by atoms with van der Waals surface area (Å²) in [6.07, 6.45) is -1.68. The molecule has 2 amide bonds. The number of halogens is 3. The molecule has 0 saturated carbocycles. The van der Waals surface area contributed by atoms with Gasteiger partial charge in [0.25, 0.3) is 0 Å². The number of hydrogen-bond acceptors (Lipinski definition) is 5. The maximum atomic E-state index is 13.6. The molecule has 0 aromatic heterocycles. The van der Waals surface area contributed by atoms with E-state index >= 15 is 0 Å². The lowest BCUT2D eigenvalue weighted by molar-refractivity contribution is -0.118. The normalized spacial score (nSPS) is 22.2. The number of rotatable bonds is 9. The van der Waals surface area contributed by atoms with Crippen LogP contribution < -0.4 is 26.2 Å². The molecule has 2 aliphatic heterocycles. The van der Waals surface area contributed by atoms with Crippen molar-refractivity contribution in [1.82, 2.24) is 10.6 Å². The molecule has 0 aliphatic carbocycles. The smallest absolute Gasteiger partial charge is 0.241 e. The van der Waals surface area contributed by atoms with E-state index in [2.05, 4.69) is 26.2 Å². The fourth-order valence-corrected chi connectivity index (χ4v) is 4.96. The summed E-state index contributed by atoms with van der Waals surface area (Å²) in [5.74, 6) is -0.839. The first-order chi connectivity index (χ1) is 19.3. The quantitative estimate of drug-likeness (QED) is 0.319. The first kappa shape index (κ1) is 27.7. The molecule has 0 unspecified atom stereocenters. The Morgan fingerprint density at radius 3 is 1.50 bits per heavy atom. The SMILES string of the molecule is O=C(Nc1ccc(CN(Cc2ccc(NC(=O)[C@@H]3C[C@@H](F)CN3)cc2)c2ccc(F)cc2)cc1)[C@@H]1C[C@@H](F)CN1. The highest BCUT2D eigenvalue weighted by atomic mass is 19.1. The molecule has 0 radical (unpaired) electrons. The van der Waals surface area contributed by atoms with Crippen molar-refractivity contribution >= 4 is 28.9 Å². The maximum Gasteiger partial charge on any atom is 0.241 e. The minimum atomic E-state index is -1.01. The number of nitrogens with one attached hydrogen (secondary N) is 4. The van der Waals surface area contributed by atoms with Gasteiger partial charge in [-0.3, -0.25) is 9.59 Å². The predicted molar refractivity (Wildman–Crippen MR) is 149 cm³/mol. The Bertz CT molecular complexity index is 1220. The van der Waals surface area contributed by atoms with Crippen molar-refractivity contribution in [1.29, 1.82) is 0 Å². The van der Waals surface area contributed by atoms with Gasteiger partial charge in [0.1, 0.15) is 18.2 Å². The van der Waals surface area contributed by atoms with Gasteiger partial charge in [0, 0.05) is 56.1 Å². The Balaban J connectivity index is 1.23. The van der Waals surface area contributed by atoms with Gasteiger partial charge in [0.05, 0.1) is 12.1 Å². The second-order valence-electron chi connectivity index (χ2n) is 10.3. The van der Waals surface area contributed by atoms with Crippen LogP contribution in [0.1, 0.15) is 24.0 Å². The number of alkyl halides is 2. The second kappa shape index (κ2) is 12.5. The zero-order valence-electron chi connectivity index (χ0n) is 21.9. The zero-order chi connectivity index (χ0) is 28.1. The lowest BCUT2D eigenvalue weighted by atomic mass is 10.1. The first-order valence-corrected chi connectivity index (χ1v) is 13.4. The van der Waals surface area contributed by atoms with Gasteiger partial charge in [-0.25, -0.2) is 13.2 Å². The van der Waals surface area contributed by atoms with Gasteiger partial charge >= 0.3 is 0 Å². The van der Waals surface area contributed by atoms with Crippen molar-refractivity contribution in [3.8, 4) is 0 Å². The second-order valence-corrected chi connectivity index (χ2v) is 10.3. The fraction of sp³-hybridized carbons (Fsp3) is 0.333. The third-order valence-corrected chi connectivity index (χ3v) is 7.17. The van der Waals surface area contributed by atoms with E-state index in [9.17, 15) is 22.8 Å². The summed E-state index contributed by atoms with van der Waals surface area (Å²) in [5, 5.41) is 11.4. The van der Waals surface area contributed by atoms with Crippen molar-refractivity contribution in [2.24, 2.45) is 0 Å². The molecule has 2 aliphatic rings. The van der Waals surface area contributed by atoms with Gasteiger partial charge in [-0.15, -0.1) is 0 Å². The summed E-state index contributed by atoms with van der Waals surface area (Å²) in [5.41, 5.74) is 4.03. The highest BCUT2D eigenvalue weighted by Gasteiger charge is 2.30. The van der Waals surface area contributed by atoms with Crippen LogP contribution in [0.3, 0.4) is 0 Å². The Morgan fingerprint density at radius 1 is 0.700 bits per heavy atom. The van der Waals surface area contributed by atoms with E-state index in [1.165, 1.54) is 12.1 Å². The summed E-state index contributed by atoms with van der Waals surface area (Å²) in [6.45, 7) is 1.41. The average molecular weight is 552 g/mol. The van der Waals surface area contributed by atoms with Gasteiger partial charge in [-0.2, -0.15) is 0 Å². The summed E-state index contributed by atoms with van der Waals surface area (Å²) in [7, 11) is 0. The van der Waals surface area contributed by atoms with Crippen LogP contribution >= 0.6 is 0 Å². The fourth-order valence-electron chi connectivity index (χ4n) is 4.96. The van der Waals surface area contributed by atoms with Crippen LogP contribution in [0.25, 0.3) is 0 Å². The van der Waals surface area contributed by atoms with E-state index < -0.39 is 24.4 Å². The molecular weight excluding hydrogens is 519 g/mol. The molecule has 3 aromatic carbocycles. The highest BCUT2D eigenvalue weighted by Crippen LogP contribution is 2.23. The minimum absolute atomic E-state index is 0.168. The molecule has 3 aromatic rings. The van der Waals surface area contributed by atoms with Crippen LogP contribution in [-0.4, -0.2) is 49.3 Å². The van der Waals surface area contributed by atoms with Crippen molar-refractivity contribution in [3.63, 3.8) is 0 Å². The van der Waals surface area contributed by atoms with Gasteiger partial charge in [-0.05, 0) is 59.7 Å². The predicted octanol–water partition coefficient (Wildman–Crippen LogP) is 4.31. The number of anilines is 3. The number of carbonyl (C=O) groups excluding carboxylic acids is 2. The monoisotopic (exact) mass is 551 g/mol. The van der Waals surface area contributed by atoms with Crippen molar-refractivity contribution in [2.45, 2.75) is 50.4 Å². The number of benzene rings is 3. The molecular formula is C30H32F3N5O2. The van der Waals surface area contributed by atoms with E-state index in [0.29, 0.717) is 24.5 Å². The molecule has 210 valence electrons.